The molecule has 0 spiro atoms. The van der Waals surface area contributed by atoms with Crippen LogP contribution in [0.15, 0.2) is 72.8 Å². The molecule has 2 amide bonds. The maximum absolute atomic E-state index is 13.5. The number of aryl methyl sites for hydroxylation is 1. The number of nitrogens with one attached hydrogen (secondary N) is 2. The number of urea groups is 1. The molecule has 2 N–H and O–H groups in total. The zero-order valence-electron chi connectivity index (χ0n) is 19.3. The molecule has 6 heteroatoms. The van der Waals surface area contributed by atoms with Gasteiger partial charge in [0.25, 0.3) is 0 Å². The number of aromatic nitrogens is 1. The zero-order valence-corrected chi connectivity index (χ0v) is 19.3. The molecule has 0 radical (unpaired) electrons. The third kappa shape index (κ3) is 4.03. The van der Waals surface area contributed by atoms with Crippen molar-refractivity contribution in [3.8, 4) is 0 Å². The number of anilines is 1. The third-order valence-corrected chi connectivity index (χ3v) is 6.34. The van der Waals surface area contributed by atoms with Crippen LogP contribution in [0.2, 0.25) is 0 Å². The number of H-pyrrole nitrogens is 1. The third-order valence-electron chi connectivity index (χ3n) is 6.34. The molecule has 3 aromatic carbocycles. The maximum Gasteiger partial charge on any atom is 0.338 e. The first-order chi connectivity index (χ1) is 16.5. The van der Waals surface area contributed by atoms with Gasteiger partial charge in [-0.2, -0.15) is 0 Å². The minimum atomic E-state index is -0.373. The van der Waals surface area contributed by atoms with Gasteiger partial charge in [0.15, 0.2) is 0 Å². The van der Waals surface area contributed by atoms with Crippen molar-refractivity contribution >= 4 is 28.6 Å². The standard InChI is InChI=1S/C28H27N3O3/c1-3-34-27(32)20-12-14-21(15-13-20)29-28(33)31-17-16-23-22-6-4-5-7-24(22)30-25(23)26(31)19-10-8-18(2)9-11-19/h4-15,26,30H,3,16-17H2,1-2H3,(H,29,33)/t26-/m1/s1. The van der Waals surface area contributed by atoms with Gasteiger partial charge in [-0.05, 0) is 61.7 Å². The number of hydrogen-bond donors (Lipinski definition) is 2. The van der Waals surface area contributed by atoms with E-state index in [0.717, 1.165) is 23.2 Å². The van der Waals surface area contributed by atoms with Crippen LogP contribution in [-0.4, -0.2) is 35.0 Å². The van der Waals surface area contributed by atoms with Gasteiger partial charge in [-0.25, -0.2) is 9.59 Å². The number of esters is 1. The van der Waals surface area contributed by atoms with E-state index in [1.54, 1.807) is 31.2 Å². The van der Waals surface area contributed by atoms with Gasteiger partial charge >= 0.3 is 12.0 Å². The summed E-state index contributed by atoms with van der Waals surface area (Å²) in [5, 5.41) is 4.22. The topological polar surface area (TPSA) is 74.4 Å². The first kappa shape index (κ1) is 21.8. The molecule has 1 aliphatic rings. The summed E-state index contributed by atoms with van der Waals surface area (Å²) in [5.74, 6) is -0.373. The van der Waals surface area contributed by atoms with Crippen LogP contribution in [0, 0.1) is 6.92 Å². The van der Waals surface area contributed by atoms with E-state index in [0.29, 0.717) is 24.4 Å². The van der Waals surface area contributed by atoms with E-state index in [-0.39, 0.29) is 18.0 Å². The average molecular weight is 454 g/mol. The van der Waals surface area contributed by atoms with E-state index in [2.05, 4.69) is 59.7 Å². The quantitative estimate of drug-likeness (QED) is 0.382. The van der Waals surface area contributed by atoms with Crippen LogP contribution in [-0.2, 0) is 11.2 Å². The van der Waals surface area contributed by atoms with Crippen molar-refractivity contribution in [2.45, 2.75) is 26.3 Å². The van der Waals surface area contributed by atoms with Gasteiger partial charge in [-0.1, -0.05) is 48.0 Å². The fourth-order valence-corrected chi connectivity index (χ4v) is 4.65. The van der Waals surface area contributed by atoms with Gasteiger partial charge < -0.3 is 19.9 Å². The number of ether oxygens (including phenoxy) is 1. The molecule has 0 unspecified atom stereocenters. The Morgan fingerprint density at radius 3 is 2.50 bits per heavy atom. The predicted molar refractivity (Wildman–Crippen MR) is 133 cm³/mol. The van der Waals surface area contributed by atoms with Crippen LogP contribution >= 0.6 is 0 Å². The van der Waals surface area contributed by atoms with Gasteiger partial charge in [-0.15, -0.1) is 0 Å². The van der Waals surface area contributed by atoms with Crippen LogP contribution in [0.25, 0.3) is 10.9 Å². The minimum Gasteiger partial charge on any atom is -0.462 e. The number of hydrogen-bond acceptors (Lipinski definition) is 3. The summed E-state index contributed by atoms with van der Waals surface area (Å²) in [7, 11) is 0. The van der Waals surface area contributed by atoms with Crippen molar-refractivity contribution in [1.29, 1.82) is 0 Å². The average Bonchev–Trinajstić information content (AvgIpc) is 3.23. The van der Waals surface area contributed by atoms with Crippen molar-refractivity contribution in [1.82, 2.24) is 9.88 Å². The summed E-state index contributed by atoms with van der Waals surface area (Å²) in [6, 6.07) is 23.0. The Balaban J connectivity index is 1.46. The number of fused-ring (bicyclic) bond motifs is 3. The Morgan fingerprint density at radius 1 is 1.03 bits per heavy atom. The first-order valence-corrected chi connectivity index (χ1v) is 11.6. The molecule has 0 aliphatic carbocycles. The Morgan fingerprint density at radius 2 is 1.76 bits per heavy atom. The minimum absolute atomic E-state index is 0.182. The van der Waals surface area contributed by atoms with Gasteiger partial charge in [-0.3, -0.25) is 0 Å². The lowest BCUT2D eigenvalue weighted by atomic mass is 9.92. The number of benzene rings is 3. The Bertz CT molecular complexity index is 1340. The fourth-order valence-electron chi connectivity index (χ4n) is 4.65. The molecule has 4 aromatic rings. The molecule has 0 fully saturated rings. The highest BCUT2D eigenvalue weighted by molar-refractivity contribution is 5.93. The summed E-state index contributed by atoms with van der Waals surface area (Å²) in [6.07, 6.45) is 0.775. The Kier molecular flexibility index (Phi) is 5.80. The Labute approximate surface area is 198 Å². The molecule has 2 heterocycles. The zero-order chi connectivity index (χ0) is 23.7. The van der Waals surface area contributed by atoms with E-state index in [1.807, 2.05) is 11.0 Å². The smallest absolute Gasteiger partial charge is 0.338 e. The highest BCUT2D eigenvalue weighted by Gasteiger charge is 2.34. The lowest BCUT2D eigenvalue weighted by Crippen LogP contribution is -2.43. The monoisotopic (exact) mass is 453 g/mol. The van der Waals surface area contributed by atoms with Crippen LogP contribution < -0.4 is 5.32 Å². The molecule has 172 valence electrons. The SMILES string of the molecule is CCOC(=O)c1ccc(NC(=O)N2CCc3c([nH]c4ccccc34)[C@H]2c2ccc(C)cc2)cc1. The van der Waals surface area contributed by atoms with E-state index >= 15 is 0 Å². The summed E-state index contributed by atoms with van der Waals surface area (Å²) in [6.45, 7) is 4.75. The van der Waals surface area contributed by atoms with Crippen LogP contribution in [0.5, 0.6) is 0 Å². The molecular weight excluding hydrogens is 426 g/mol. The van der Waals surface area contributed by atoms with Crippen molar-refractivity contribution in [2.24, 2.45) is 0 Å². The van der Waals surface area contributed by atoms with Gasteiger partial charge in [0.05, 0.1) is 18.2 Å². The molecule has 6 nitrogen and oxygen atoms in total. The second kappa shape index (κ2) is 9.06. The molecule has 1 atom stereocenters. The largest absolute Gasteiger partial charge is 0.462 e. The maximum atomic E-state index is 13.5. The van der Waals surface area contributed by atoms with E-state index in [4.69, 9.17) is 4.74 Å². The van der Waals surface area contributed by atoms with E-state index < -0.39 is 0 Å². The molecule has 5 rings (SSSR count). The first-order valence-electron chi connectivity index (χ1n) is 11.6. The highest BCUT2D eigenvalue weighted by atomic mass is 16.5. The molecule has 34 heavy (non-hydrogen) atoms. The van der Waals surface area contributed by atoms with Crippen molar-refractivity contribution < 1.29 is 14.3 Å². The number of nitrogens with zero attached hydrogens (tertiary/aromatic N) is 1. The number of amides is 2. The van der Waals surface area contributed by atoms with Crippen LogP contribution in [0.4, 0.5) is 10.5 Å². The van der Waals surface area contributed by atoms with Crippen molar-refractivity contribution in [3.05, 3.63) is 101 Å². The molecule has 0 bridgehead atoms. The lowest BCUT2D eigenvalue weighted by Gasteiger charge is -2.36. The second-order valence-corrected chi connectivity index (χ2v) is 8.55. The number of para-hydroxylation sites is 1. The van der Waals surface area contributed by atoms with Gasteiger partial charge in [0, 0.05) is 28.8 Å². The molecular formula is C28H27N3O3. The number of aromatic amines is 1. The molecule has 1 aromatic heterocycles. The molecule has 1 aliphatic heterocycles. The second-order valence-electron chi connectivity index (χ2n) is 8.55. The van der Waals surface area contributed by atoms with E-state index in [1.165, 1.54) is 16.5 Å². The lowest BCUT2D eigenvalue weighted by molar-refractivity contribution is 0.0526. The normalized spacial score (nSPS) is 15.1. The summed E-state index contributed by atoms with van der Waals surface area (Å²) < 4.78 is 5.04. The molecule has 0 saturated carbocycles. The predicted octanol–water partition coefficient (Wildman–Crippen LogP) is 5.83. The van der Waals surface area contributed by atoms with Crippen LogP contribution in [0.3, 0.4) is 0 Å². The van der Waals surface area contributed by atoms with Crippen molar-refractivity contribution in [2.75, 3.05) is 18.5 Å². The molecule has 0 saturated heterocycles. The summed E-state index contributed by atoms with van der Waals surface area (Å²) in [5.41, 5.74) is 6.73. The summed E-state index contributed by atoms with van der Waals surface area (Å²) in [4.78, 5) is 30.9. The number of carbonyl (C=O) groups is 2. The number of rotatable bonds is 4. The fraction of sp³-hybridized carbons (Fsp3) is 0.214. The van der Waals surface area contributed by atoms with Gasteiger partial charge in [0.1, 0.15) is 0 Å². The van der Waals surface area contributed by atoms with E-state index in [9.17, 15) is 9.59 Å². The van der Waals surface area contributed by atoms with Crippen LogP contribution in [0.1, 0.15) is 45.7 Å². The van der Waals surface area contributed by atoms with Crippen molar-refractivity contribution in [3.63, 3.8) is 0 Å². The van der Waals surface area contributed by atoms with Gasteiger partial charge in [0.2, 0.25) is 0 Å². The Hall–Kier alpha value is -4.06. The number of carbonyl (C=O) groups excluding carboxylic acids is 2. The summed E-state index contributed by atoms with van der Waals surface area (Å²) >= 11 is 0. The highest BCUT2D eigenvalue weighted by Crippen LogP contribution is 2.38.